The molecule has 0 bridgehead atoms. The third-order valence-corrected chi connectivity index (χ3v) is 1.55. The van der Waals surface area contributed by atoms with Gasteiger partial charge in [0.1, 0.15) is 0 Å². The minimum absolute atomic E-state index is 0.0721. The summed E-state index contributed by atoms with van der Waals surface area (Å²) in [5.74, 6) is -0.633. The predicted octanol–water partition coefficient (Wildman–Crippen LogP) is 0.623. The van der Waals surface area contributed by atoms with Gasteiger partial charge in [-0.25, -0.2) is 0 Å². The molecular weight excluding hydrogens is 158 g/mol. The number of carboxylic acid groups (broad SMARTS) is 1. The predicted molar refractivity (Wildman–Crippen MR) is 44.7 cm³/mol. The Kier molecular flexibility index (Phi) is 5.08. The quantitative estimate of drug-likeness (QED) is 0.640. The maximum atomic E-state index is 10.5. The van der Waals surface area contributed by atoms with Crippen LogP contribution in [0.2, 0.25) is 0 Å². The van der Waals surface area contributed by atoms with Crippen LogP contribution in [0.15, 0.2) is 0 Å². The van der Waals surface area contributed by atoms with Gasteiger partial charge in [0.05, 0.1) is 0 Å². The van der Waals surface area contributed by atoms with Crippen LogP contribution in [0.3, 0.4) is 0 Å². The number of carbonyl (C=O) groups excluding carboxylic acids is 1. The summed E-state index contributed by atoms with van der Waals surface area (Å²) in [4.78, 5) is 20.6. The third-order valence-electron chi connectivity index (χ3n) is 1.55. The van der Waals surface area contributed by atoms with Crippen molar-refractivity contribution in [2.45, 2.75) is 26.7 Å². The molecule has 0 aromatic rings. The Bertz CT molecular complexity index is 150. The number of carboxylic acids is 1. The van der Waals surface area contributed by atoms with Gasteiger partial charge in [-0.3, -0.25) is 9.59 Å². The summed E-state index contributed by atoms with van der Waals surface area (Å²) in [6.45, 7) is 3.92. The van der Waals surface area contributed by atoms with Crippen molar-refractivity contribution in [3.05, 3.63) is 0 Å². The van der Waals surface area contributed by atoms with Crippen molar-refractivity contribution in [2.24, 2.45) is 5.92 Å². The smallest absolute Gasteiger partial charge is 0.303 e. The molecule has 0 aliphatic carbocycles. The summed E-state index contributed by atoms with van der Waals surface area (Å²) in [5.41, 5.74) is 0. The summed E-state index contributed by atoms with van der Waals surface area (Å²) < 4.78 is 0. The molecule has 0 spiro atoms. The zero-order valence-electron chi connectivity index (χ0n) is 7.46. The van der Waals surface area contributed by atoms with Crippen LogP contribution in [-0.2, 0) is 9.59 Å². The molecule has 1 atom stereocenters. The number of amides is 1. The number of nitrogens with one attached hydrogen (secondary N) is 1. The van der Waals surface area contributed by atoms with Crippen LogP contribution in [-0.4, -0.2) is 23.5 Å². The average molecular weight is 173 g/mol. The molecule has 0 saturated heterocycles. The number of hydrogen-bond donors (Lipinski definition) is 2. The molecule has 0 saturated carbocycles. The van der Waals surface area contributed by atoms with Crippen LogP contribution in [0.25, 0.3) is 0 Å². The van der Waals surface area contributed by atoms with E-state index < -0.39 is 5.97 Å². The maximum absolute atomic E-state index is 10.5. The number of carbonyl (C=O) groups is 2. The van der Waals surface area contributed by atoms with Gasteiger partial charge in [-0.1, -0.05) is 6.92 Å². The number of rotatable bonds is 5. The van der Waals surface area contributed by atoms with Gasteiger partial charge in [0.15, 0.2) is 0 Å². The second kappa shape index (κ2) is 5.57. The topological polar surface area (TPSA) is 66.4 Å². The highest BCUT2D eigenvalue weighted by Crippen LogP contribution is 2.03. The monoisotopic (exact) mass is 173 g/mol. The second-order valence-electron chi connectivity index (χ2n) is 2.97. The van der Waals surface area contributed by atoms with Gasteiger partial charge < -0.3 is 10.4 Å². The van der Waals surface area contributed by atoms with Crippen molar-refractivity contribution >= 4 is 11.9 Å². The minimum atomic E-state index is -0.787. The molecule has 0 rings (SSSR count). The first kappa shape index (κ1) is 10.9. The Hall–Kier alpha value is -1.06. The second-order valence-corrected chi connectivity index (χ2v) is 2.97. The molecule has 1 amide bonds. The van der Waals surface area contributed by atoms with E-state index in [1.807, 2.05) is 6.92 Å². The van der Waals surface area contributed by atoms with Gasteiger partial charge in [0.25, 0.3) is 0 Å². The van der Waals surface area contributed by atoms with E-state index in [4.69, 9.17) is 5.11 Å². The Labute approximate surface area is 72.0 Å². The summed E-state index contributed by atoms with van der Waals surface area (Å²) in [6.07, 6.45) is 0.774. The Morgan fingerprint density at radius 1 is 1.50 bits per heavy atom. The van der Waals surface area contributed by atoms with E-state index in [2.05, 4.69) is 5.32 Å². The lowest BCUT2D eigenvalue weighted by molar-refractivity contribution is -0.137. The molecule has 0 aromatic heterocycles. The first-order valence-electron chi connectivity index (χ1n) is 3.98. The fourth-order valence-electron chi connectivity index (χ4n) is 0.790. The zero-order valence-corrected chi connectivity index (χ0v) is 7.46. The van der Waals surface area contributed by atoms with E-state index in [9.17, 15) is 9.59 Å². The molecule has 0 aliphatic rings. The number of hydrogen-bond acceptors (Lipinski definition) is 2. The lowest BCUT2D eigenvalue weighted by atomic mass is 10.1. The van der Waals surface area contributed by atoms with Crippen molar-refractivity contribution < 1.29 is 14.7 Å². The summed E-state index contributed by atoms with van der Waals surface area (Å²) in [5, 5.41) is 11.0. The van der Waals surface area contributed by atoms with Gasteiger partial charge in [0, 0.05) is 19.9 Å². The first-order chi connectivity index (χ1) is 5.52. The minimum Gasteiger partial charge on any atom is -0.481 e. The lowest BCUT2D eigenvalue weighted by Gasteiger charge is -2.09. The van der Waals surface area contributed by atoms with Crippen LogP contribution in [0.4, 0.5) is 0 Å². The van der Waals surface area contributed by atoms with Gasteiger partial charge in [-0.05, 0) is 12.3 Å². The molecule has 0 fully saturated rings. The summed E-state index contributed by atoms with van der Waals surface area (Å²) >= 11 is 0. The molecular formula is C8H15NO3. The van der Waals surface area contributed by atoms with E-state index in [0.717, 1.165) is 0 Å². The van der Waals surface area contributed by atoms with E-state index in [0.29, 0.717) is 13.0 Å². The molecule has 2 N–H and O–H groups in total. The highest BCUT2D eigenvalue weighted by molar-refractivity contribution is 5.72. The van der Waals surface area contributed by atoms with E-state index in [-0.39, 0.29) is 18.2 Å². The van der Waals surface area contributed by atoms with Crippen LogP contribution >= 0.6 is 0 Å². The SMILES string of the molecule is CC(=O)NC[C@@H](C)CCC(=O)O. The Balaban J connectivity index is 3.39. The third kappa shape index (κ3) is 7.05. The van der Waals surface area contributed by atoms with E-state index >= 15 is 0 Å². The van der Waals surface area contributed by atoms with Crippen molar-refractivity contribution in [3.63, 3.8) is 0 Å². The van der Waals surface area contributed by atoms with Gasteiger partial charge in [0.2, 0.25) is 5.91 Å². The van der Waals surface area contributed by atoms with Gasteiger partial charge >= 0.3 is 5.97 Å². The molecule has 0 heterocycles. The first-order valence-corrected chi connectivity index (χ1v) is 3.98. The highest BCUT2D eigenvalue weighted by Gasteiger charge is 2.05. The van der Waals surface area contributed by atoms with E-state index in [1.165, 1.54) is 6.92 Å². The van der Waals surface area contributed by atoms with Gasteiger partial charge in [-0.15, -0.1) is 0 Å². The maximum Gasteiger partial charge on any atom is 0.303 e. The molecule has 0 radical (unpaired) electrons. The Morgan fingerprint density at radius 2 is 2.08 bits per heavy atom. The van der Waals surface area contributed by atoms with Crippen LogP contribution in [0.5, 0.6) is 0 Å². The average Bonchev–Trinajstić information content (AvgIpc) is 1.96. The molecule has 0 aliphatic heterocycles. The Morgan fingerprint density at radius 3 is 2.50 bits per heavy atom. The highest BCUT2D eigenvalue weighted by atomic mass is 16.4. The van der Waals surface area contributed by atoms with Crippen molar-refractivity contribution in [1.29, 1.82) is 0 Å². The molecule has 0 aromatic carbocycles. The molecule has 4 heteroatoms. The lowest BCUT2D eigenvalue weighted by Crippen LogP contribution is -2.25. The molecule has 12 heavy (non-hydrogen) atoms. The standard InChI is InChI=1S/C8H15NO3/c1-6(3-4-8(11)12)5-9-7(2)10/h6H,3-5H2,1-2H3,(H,9,10)(H,11,12)/t6-/m0/s1. The van der Waals surface area contributed by atoms with E-state index in [1.54, 1.807) is 0 Å². The molecule has 4 nitrogen and oxygen atoms in total. The fraction of sp³-hybridized carbons (Fsp3) is 0.750. The van der Waals surface area contributed by atoms with Crippen LogP contribution in [0.1, 0.15) is 26.7 Å². The fourth-order valence-corrected chi connectivity index (χ4v) is 0.790. The van der Waals surface area contributed by atoms with Crippen LogP contribution < -0.4 is 5.32 Å². The molecule has 0 unspecified atom stereocenters. The van der Waals surface area contributed by atoms with Gasteiger partial charge in [-0.2, -0.15) is 0 Å². The number of aliphatic carboxylic acids is 1. The van der Waals surface area contributed by atoms with Crippen molar-refractivity contribution in [1.82, 2.24) is 5.32 Å². The van der Waals surface area contributed by atoms with Crippen LogP contribution in [0, 0.1) is 5.92 Å². The summed E-state index contributed by atoms with van der Waals surface area (Å²) in [6, 6.07) is 0. The summed E-state index contributed by atoms with van der Waals surface area (Å²) in [7, 11) is 0. The zero-order chi connectivity index (χ0) is 9.56. The van der Waals surface area contributed by atoms with Crippen molar-refractivity contribution in [3.8, 4) is 0 Å². The normalized spacial score (nSPS) is 12.2. The largest absolute Gasteiger partial charge is 0.481 e. The van der Waals surface area contributed by atoms with Crippen molar-refractivity contribution in [2.75, 3.05) is 6.54 Å². The molecule has 70 valence electrons.